The molecular weight excluding hydrogens is 268 g/mol. The minimum atomic E-state index is 0.295. The largest absolute Gasteiger partial charge is 0.309 e. The fourth-order valence-corrected chi connectivity index (χ4v) is 3.67. The van der Waals surface area contributed by atoms with E-state index in [1.807, 2.05) is 18.5 Å². The van der Waals surface area contributed by atoms with Gasteiger partial charge in [-0.05, 0) is 55.4 Å². The van der Waals surface area contributed by atoms with Gasteiger partial charge in [-0.3, -0.25) is 4.98 Å². The van der Waals surface area contributed by atoms with Gasteiger partial charge in [0.05, 0.1) is 17.1 Å². The van der Waals surface area contributed by atoms with Crippen molar-refractivity contribution in [1.82, 2.24) is 19.9 Å². The molecule has 0 radical (unpaired) electrons. The van der Waals surface area contributed by atoms with Gasteiger partial charge in [0.15, 0.2) is 0 Å². The first-order chi connectivity index (χ1) is 9.90. The van der Waals surface area contributed by atoms with E-state index in [4.69, 9.17) is 0 Å². The summed E-state index contributed by atoms with van der Waals surface area (Å²) >= 11 is 1.50. The highest BCUT2D eigenvalue weighted by Gasteiger charge is 2.30. The Balaban J connectivity index is 1.92. The summed E-state index contributed by atoms with van der Waals surface area (Å²) in [5.74, 6) is 0.439. The van der Waals surface area contributed by atoms with Crippen molar-refractivity contribution in [3.63, 3.8) is 0 Å². The molecule has 2 aromatic heterocycles. The Labute approximate surface area is 123 Å². The number of aromatic nitrogens is 3. The van der Waals surface area contributed by atoms with Crippen LogP contribution < -0.4 is 5.32 Å². The van der Waals surface area contributed by atoms with Gasteiger partial charge in [0.2, 0.25) is 0 Å². The fraction of sp³-hybridized carbons (Fsp3) is 0.533. The van der Waals surface area contributed by atoms with Gasteiger partial charge in [-0.2, -0.15) is 0 Å². The third kappa shape index (κ3) is 2.74. The molecule has 0 saturated carbocycles. The summed E-state index contributed by atoms with van der Waals surface area (Å²) in [6, 6.07) is 4.56. The molecule has 1 aliphatic carbocycles. The molecule has 2 atom stereocenters. The molecule has 106 valence electrons. The molecule has 2 unspecified atom stereocenters. The van der Waals surface area contributed by atoms with Crippen molar-refractivity contribution in [1.29, 1.82) is 0 Å². The quantitative estimate of drug-likeness (QED) is 0.918. The lowest BCUT2D eigenvalue weighted by atomic mass is 9.81. The maximum Gasteiger partial charge on any atom is 0.0669 e. The fourth-order valence-electron chi connectivity index (χ4n) is 3.02. The molecule has 0 aliphatic heterocycles. The molecule has 20 heavy (non-hydrogen) atoms. The second kappa shape index (κ2) is 6.41. The van der Waals surface area contributed by atoms with Gasteiger partial charge in [-0.15, -0.1) is 5.10 Å². The van der Waals surface area contributed by atoms with Crippen LogP contribution in [-0.4, -0.2) is 21.1 Å². The molecule has 0 saturated heterocycles. The first kappa shape index (κ1) is 13.6. The van der Waals surface area contributed by atoms with Crippen LogP contribution in [0, 0.1) is 0 Å². The third-order valence-electron chi connectivity index (χ3n) is 3.94. The first-order valence-electron chi connectivity index (χ1n) is 7.34. The summed E-state index contributed by atoms with van der Waals surface area (Å²) in [7, 11) is 0. The highest BCUT2D eigenvalue weighted by atomic mass is 32.1. The number of hydrogen-bond acceptors (Lipinski definition) is 5. The second-order valence-electron chi connectivity index (χ2n) is 5.30. The van der Waals surface area contributed by atoms with E-state index in [9.17, 15) is 0 Å². The highest BCUT2D eigenvalue weighted by Crippen LogP contribution is 2.39. The van der Waals surface area contributed by atoms with Gasteiger partial charge in [-0.25, -0.2) is 0 Å². The molecule has 0 bridgehead atoms. The van der Waals surface area contributed by atoms with E-state index in [1.165, 1.54) is 40.5 Å². The Kier molecular flexibility index (Phi) is 4.38. The molecule has 3 rings (SSSR count). The summed E-state index contributed by atoms with van der Waals surface area (Å²) in [6.07, 6.45) is 8.52. The lowest BCUT2D eigenvalue weighted by molar-refractivity contribution is 0.398. The predicted molar refractivity (Wildman–Crippen MR) is 80.9 cm³/mol. The van der Waals surface area contributed by atoms with E-state index >= 15 is 0 Å². The number of rotatable bonds is 5. The van der Waals surface area contributed by atoms with Crippen molar-refractivity contribution < 1.29 is 0 Å². The number of nitrogens with one attached hydrogen (secondary N) is 1. The topological polar surface area (TPSA) is 50.7 Å². The van der Waals surface area contributed by atoms with Crippen molar-refractivity contribution in [2.24, 2.45) is 0 Å². The van der Waals surface area contributed by atoms with Crippen molar-refractivity contribution >= 4 is 11.5 Å². The van der Waals surface area contributed by atoms with Crippen LogP contribution in [0.4, 0.5) is 0 Å². The number of nitrogens with zero attached hydrogens (tertiary/aromatic N) is 3. The second-order valence-corrected chi connectivity index (χ2v) is 6.12. The van der Waals surface area contributed by atoms with Crippen LogP contribution in [-0.2, 0) is 6.42 Å². The minimum absolute atomic E-state index is 0.295. The third-order valence-corrected chi connectivity index (χ3v) is 4.69. The number of aryl methyl sites for hydroxylation is 1. The van der Waals surface area contributed by atoms with Crippen LogP contribution in [0.1, 0.15) is 54.3 Å². The highest BCUT2D eigenvalue weighted by molar-refractivity contribution is 7.05. The minimum Gasteiger partial charge on any atom is -0.309 e. The zero-order chi connectivity index (χ0) is 13.8. The van der Waals surface area contributed by atoms with E-state index in [0.29, 0.717) is 12.0 Å². The van der Waals surface area contributed by atoms with Gasteiger partial charge >= 0.3 is 0 Å². The van der Waals surface area contributed by atoms with E-state index in [1.54, 1.807) is 0 Å². The Morgan fingerprint density at radius 2 is 2.45 bits per heavy atom. The van der Waals surface area contributed by atoms with Crippen LogP contribution in [0.5, 0.6) is 0 Å². The van der Waals surface area contributed by atoms with Crippen molar-refractivity contribution in [2.75, 3.05) is 6.54 Å². The summed E-state index contributed by atoms with van der Waals surface area (Å²) in [5, 5.41) is 7.68. The summed E-state index contributed by atoms with van der Waals surface area (Å²) in [6.45, 7) is 3.21. The first-order valence-corrected chi connectivity index (χ1v) is 8.12. The molecule has 1 aliphatic rings. The lowest BCUT2D eigenvalue weighted by Crippen LogP contribution is -2.30. The molecule has 1 N–H and O–H groups in total. The summed E-state index contributed by atoms with van der Waals surface area (Å²) < 4.78 is 4.03. The van der Waals surface area contributed by atoms with Gasteiger partial charge < -0.3 is 5.32 Å². The van der Waals surface area contributed by atoms with E-state index in [-0.39, 0.29) is 0 Å². The SMILES string of the molecule is CCCNC(c1cnns1)C1CCCc2cccnc21. The van der Waals surface area contributed by atoms with Crippen LogP contribution >= 0.6 is 11.5 Å². The van der Waals surface area contributed by atoms with Crippen LogP contribution in [0.2, 0.25) is 0 Å². The van der Waals surface area contributed by atoms with Crippen molar-refractivity contribution in [3.05, 3.63) is 40.7 Å². The van der Waals surface area contributed by atoms with Gasteiger partial charge in [0, 0.05) is 17.8 Å². The smallest absolute Gasteiger partial charge is 0.0669 e. The van der Waals surface area contributed by atoms with Gasteiger partial charge in [0.1, 0.15) is 0 Å². The molecule has 0 fully saturated rings. The van der Waals surface area contributed by atoms with Crippen LogP contribution in [0.3, 0.4) is 0 Å². The van der Waals surface area contributed by atoms with E-state index < -0.39 is 0 Å². The molecular formula is C15H20N4S. The monoisotopic (exact) mass is 288 g/mol. The Hall–Kier alpha value is -1.33. The standard InChI is InChI=1S/C15H20N4S/c1-2-8-16-15(13-10-18-19-20-13)12-7-3-5-11-6-4-9-17-14(11)12/h4,6,9-10,12,15-16H,2-3,5,7-8H2,1H3. The lowest BCUT2D eigenvalue weighted by Gasteiger charge is -2.31. The molecule has 0 amide bonds. The average molecular weight is 288 g/mol. The Bertz CT molecular complexity index is 541. The zero-order valence-corrected chi connectivity index (χ0v) is 12.6. The van der Waals surface area contributed by atoms with Gasteiger partial charge in [0.25, 0.3) is 0 Å². The predicted octanol–water partition coefficient (Wildman–Crippen LogP) is 3.09. The Morgan fingerprint density at radius 3 is 3.25 bits per heavy atom. The number of pyridine rings is 1. The van der Waals surface area contributed by atoms with E-state index in [0.717, 1.165) is 19.4 Å². The number of fused-ring (bicyclic) bond motifs is 1. The van der Waals surface area contributed by atoms with Gasteiger partial charge in [-0.1, -0.05) is 17.5 Å². The summed E-state index contributed by atoms with van der Waals surface area (Å²) in [5.41, 5.74) is 2.67. The maximum atomic E-state index is 4.66. The number of hydrogen-bond donors (Lipinski definition) is 1. The molecule has 2 aromatic rings. The molecule has 4 nitrogen and oxygen atoms in total. The molecule has 0 spiro atoms. The normalized spacial score (nSPS) is 19.6. The zero-order valence-electron chi connectivity index (χ0n) is 11.7. The molecule has 2 heterocycles. The summed E-state index contributed by atoms with van der Waals surface area (Å²) in [4.78, 5) is 5.89. The maximum absolute atomic E-state index is 4.66. The Morgan fingerprint density at radius 1 is 1.50 bits per heavy atom. The molecule has 5 heteroatoms. The average Bonchev–Trinajstić information content (AvgIpc) is 3.02. The van der Waals surface area contributed by atoms with Crippen LogP contribution in [0.15, 0.2) is 24.5 Å². The van der Waals surface area contributed by atoms with Crippen molar-refractivity contribution in [3.8, 4) is 0 Å². The van der Waals surface area contributed by atoms with Crippen LogP contribution in [0.25, 0.3) is 0 Å². The van der Waals surface area contributed by atoms with E-state index in [2.05, 4.69) is 32.9 Å². The molecule has 0 aromatic carbocycles. The van der Waals surface area contributed by atoms with Crippen molar-refractivity contribution in [2.45, 2.75) is 44.6 Å².